The maximum atomic E-state index is 13.9. The summed E-state index contributed by atoms with van der Waals surface area (Å²) in [6.07, 6.45) is 3.71. The molecule has 2 aliphatic rings. The average Bonchev–Trinajstić information content (AvgIpc) is 3.24. The first kappa shape index (κ1) is 26.1. The number of hydrogen-bond acceptors (Lipinski definition) is 6. The highest BCUT2D eigenvalue weighted by Gasteiger charge is 2.36. The van der Waals surface area contributed by atoms with Crippen molar-refractivity contribution in [3.63, 3.8) is 0 Å². The molecule has 200 valence electrons. The van der Waals surface area contributed by atoms with Crippen molar-refractivity contribution in [1.82, 2.24) is 4.90 Å². The van der Waals surface area contributed by atoms with E-state index in [0.29, 0.717) is 46.3 Å². The molecule has 2 amide bonds. The maximum Gasteiger partial charge on any atom is 0.238 e. The van der Waals surface area contributed by atoms with E-state index in [1.54, 1.807) is 30.0 Å². The minimum absolute atomic E-state index is 0.0394. The van der Waals surface area contributed by atoms with Gasteiger partial charge in [0, 0.05) is 30.4 Å². The predicted molar refractivity (Wildman–Crippen MR) is 148 cm³/mol. The topological polar surface area (TPSA) is 83.5 Å². The Kier molecular flexibility index (Phi) is 7.42. The Bertz CT molecular complexity index is 1470. The quantitative estimate of drug-likeness (QED) is 0.405. The number of ether oxygens (including phenoxy) is 2. The van der Waals surface area contributed by atoms with Crippen molar-refractivity contribution in [3.05, 3.63) is 90.1 Å². The van der Waals surface area contributed by atoms with E-state index >= 15 is 0 Å². The number of rotatable bonds is 8. The second-order valence-electron chi connectivity index (χ2n) is 9.66. The van der Waals surface area contributed by atoms with Gasteiger partial charge in [-0.05, 0) is 87.2 Å². The van der Waals surface area contributed by atoms with Crippen LogP contribution in [0.2, 0.25) is 0 Å². The third kappa shape index (κ3) is 5.68. The van der Waals surface area contributed by atoms with Crippen LogP contribution in [-0.2, 0) is 9.59 Å². The van der Waals surface area contributed by atoms with E-state index in [9.17, 15) is 14.0 Å². The average molecular weight is 529 g/mol. The zero-order chi connectivity index (χ0) is 27.5. The molecule has 0 aliphatic carbocycles. The molecular weight excluding hydrogens is 499 g/mol. The number of nitrogens with one attached hydrogen (secondary N) is 1. The van der Waals surface area contributed by atoms with Crippen molar-refractivity contribution >= 4 is 34.6 Å². The van der Waals surface area contributed by atoms with Crippen LogP contribution in [0.15, 0.2) is 78.2 Å². The fourth-order valence-corrected chi connectivity index (χ4v) is 4.72. The number of halogens is 1. The van der Waals surface area contributed by atoms with Crippen LogP contribution >= 0.6 is 0 Å². The summed E-state index contributed by atoms with van der Waals surface area (Å²) in [4.78, 5) is 34.2. The van der Waals surface area contributed by atoms with Crippen LogP contribution in [-0.4, -0.2) is 49.6 Å². The summed E-state index contributed by atoms with van der Waals surface area (Å²) in [5.74, 6) is -0.506. The van der Waals surface area contributed by atoms with Crippen LogP contribution in [0.5, 0.6) is 11.5 Å². The number of benzene rings is 3. The first-order chi connectivity index (χ1) is 18.8. The largest absolute Gasteiger partial charge is 0.458 e. The lowest BCUT2D eigenvalue weighted by Crippen LogP contribution is -2.31. The Morgan fingerprint density at radius 2 is 1.72 bits per heavy atom. The molecule has 0 saturated heterocycles. The van der Waals surface area contributed by atoms with Gasteiger partial charge in [0.25, 0.3) is 0 Å². The molecule has 0 saturated carbocycles. The molecule has 39 heavy (non-hydrogen) atoms. The summed E-state index contributed by atoms with van der Waals surface area (Å²) in [6.45, 7) is 3.02. The van der Waals surface area contributed by atoms with Gasteiger partial charge < -0.3 is 24.6 Å². The van der Waals surface area contributed by atoms with Crippen LogP contribution in [0.4, 0.5) is 21.5 Å². The van der Waals surface area contributed by atoms with Gasteiger partial charge in [-0.2, -0.15) is 0 Å². The molecule has 8 nitrogen and oxygen atoms in total. The van der Waals surface area contributed by atoms with Crippen molar-refractivity contribution in [2.45, 2.75) is 19.3 Å². The van der Waals surface area contributed by atoms with Gasteiger partial charge in [0.15, 0.2) is 11.5 Å². The lowest BCUT2D eigenvalue weighted by molar-refractivity contribution is -0.117. The van der Waals surface area contributed by atoms with Crippen LogP contribution in [0, 0.1) is 5.82 Å². The van der Waals surface area contributed by atoms with Gasteiger partial charge >= 0.3 is 0 Å². The number of amides is 2. The zero-order valence-corrected chi connectivity index (χ0v) is 22.0. The van der Waals surface area contributed by atoms with Crippen molar-refractivity contribution < 1.29 is 23.5 Å². The van der Waals surface area contributed by atoms with E-state index < -0.39 is 11.7 Å². The number of hydrogen-bond donors (Lipinski definition) is 1. The van der Waals surface area contributed by atoms with Crippen molar-refractivity contribution in [2.24, 2.45) is 4.99 Å². The first-order valence-electron chi connectivity index (χ1n) is 12.6. The molecule has 0 aromatic heterocycles. The molecule has 2 aliphatic heterocycles. The highest BCUT2D eigenvalue weighted by molar-refractivity contribution is 6.24. The Balaban J connectivity index is 1.52. The van der Waals surface area contributed by atoms with E-state index in [4.69, 9.17) is 14.5 Å². The fraction of sp³-hybridized carbons (Fsp3) is 0.233. The molecule has 1 N–H and O–H groups in total. The van der Waals surface area contributed by atoms with Crippen molar-refractivity contribution in [2.75, 3.05) is 37.4 Å². The summed E-state index contributed by atoms with van der Waals surface area (Å²) in [5, 5.41) is 2.78. The monoisotopic (exact) mass is 528 g/mol. The van der Waals surface area contributed by atoms with Crippen LogP contribution in [0.25, 0.3) is 0 Å². The van der Waals surface area contributed by atoms with Gasteiger partial charge in [0.05, 0.1) is 11.4 Å². The smallest absolute Gasteiger partial charge is 0.238 e. The molecular formula is C30H29FN4O4. The molecule has 0 spiro atoms. The maximum absolute atomic E-state index is 13.9. The molecule has 3 aromatic rings. The summed E-state index contributed by atoms with van der Waals surface area (Å²) >= 11 is 0. The van der Waals surface area contributed by atoms with Crippen LogP contribution < -0.4 is 19.7 Å². The molecule has 1 unspecified atom stereocenters. The summed E-state index contributed by atoms with van der Waals surface area (Å²) in [5.41, 5.74) is 3.55. The minimum atomic E-state index is -0.766. The minimum Gasteiger partial charge on any atom is -0.458 e. The molecule has 5 rings (SSSR count). The van der Waals surface area contributed by atoms with Gasteiger partial charge in [0.2, 0.25) is 11.8 Å². The van der Waals surface area contributed by atoms with Gasteiger partial charge in [-0.3, -0.25) is 14.6 Å². The van der Waals surface area contributed by atoms with E-state index in [1.165, 1.54) is 24.7 Å². The summed E-state index contributed by atoms with van der Waals surface area (Å²) in [6, 6.07) is 16.9. The Labute approximate surface area is 226 Å². The molecule has 0 bridgehead atoms. The van der Waals surface area contributed by atoms with Gasteiger partial charge in [-0.15, -0.1) is 0 Å². The third-order valence-electron chi connectivity index (χ3n) is 6.58. The molecule has 0 fully saturated rings. The first-order valence-corrected chi connectivity index (χ1v) is 12.6. The van der Waals surface area contributed by atoms with Crippen molar-refractivity contribution in [1.29, 1.82) is 0 Å². The molecule has 3 aromatic carbocycles. The Morgan fingerprint density at radius 1 is 0.974 bits per heavy atom. The zero-order valence-electron chi connectivity index (χ0n) is 22.0. The number of carbonyl (C=O) groups is 2. The number of fused-ring (bicyclic) bond motifs is 2. The summed E-state index contributed by atoms with van der Waals surface area (Å²) in [7, 11) is 4.00. The second kappa shape index (κ2) is 11.1. The molecule has 9 heteroatoms. The number of nitrogens with zero attached hydrogens (tertiary/aromatic N) is 3. The lowest BCUT2D eigenvalue weighted by atomic mass is 9.90. The third-order valence-corrected chi connectivity index (χ3v) is 6.58. The standard InChI is InChI=1S/C30H29FN4O4/c1-19(36)35(14-4-13-34(2)3)23-9-7-22(8-10-23)32-29(20-5-12-26-27(17-20)39-16-15-38-26)28-24-11-6-21(31)18-25(24)33-30(28)37/h5-12,15-18,28H,4,13-14H2,1-3H3,(H,33,37). The van der Waals surface area contributed by atoms with E-state index in [2.05, 4.69) is 10.2 Å². The van der Waals surface area contributed by atoms with Crippen LogP contribution in [0.1, 0.15) is 30.4 Å². The SMILES string of the molecule is CC(=O)N(CCCN(C)C)c1ccc(N=C(c2ccc3c(c2)OC=CO3)C2C(=O)Nc3cc(F)ccc32)cc1. The van der Waals surface area contributed by atoms with Gasteiger partial charge in [0.1, 0.15) is 24.3 Å². The normalized spacial score (nSPS) is 15.8. The van der Waals surface area contributed by atoms with Crippen LogP contribution in [0.3, 0.4) is 0 Å². The molecule has 0 radical (unpaired) electrons. The van der Waals surface area contributed by atoms with Crippen molar-refractivity contribution in [3.8, 4) is 11.5 Å². The van der Waals surface area contributed by atoms with E-state index in [1.807, 2.05) is 44.4 Å². The number of anilines is 2. The predicted octanol–water partition coefficient (Wildman–Crippen LogP) is 5.23. The van der Waals surface area contributed by atoms with Gasteiger partial charge in [-0.1, -0.05) is 6.07 Å². The highest BCUT2D eigenvalue weighted by atomic mass is 19.1. The lowest BCUT2D eigenvalue weighted by Gasteiger charge is -2.22. The number of carbonyl (C=O) groups excluding carboxylic acids is 2. The Hall–Kier alpha value is -4.50. The molecule has 2 heterocycles. The second-order valence-corrected chi connectivity index (χ2v) is 9.66. The Morgan fingerprint density at radius 3 is 2.44 bits per heavy atom. The fourth-order valence-electron chi connectivity index (χ4n) is 4.72. The molecule has 1 atom stereocenters. The number of aliphatic imine (C=N–C) groups is 1. The highest BCUT2D eigenvalue weighted by Crippen LogP contribution is 2.39. The van der Waals surface area contributed by atoms with E-state index in [-0.39, 0.29) is 11.8 Å². The van der Waals surface area contributed by atoms with Gasteiger partial charge in [-0.25, -0.2) is 4.39 Å². The van der Waals surface area contributed by atoms with E-state index in [0.717, 1.165) is 18.7 Å². The summed E-state index contributed by atoms with van der Waals surface area (Å²) < 4.78 is 25.0.